The molecule has 0 bridgehead atoms. The van der Waals surface area contributed by atoms with Crippen LogP contribution < -0.4 is 5.32 Å². The van der Waals surface area contributed by atoms with Crippen LogP contribution in [0.3, 0.4) is 0 Å². The first-order valence-corrected chi connectivity index (χ1v) is 6.91. The molecule has 2 aromatic carbocycles. The molecule has 2 rings (SSSR count). The summed E-state index contributed by atoms with van der Waals surface area (Å²) in [5.74, 6) is -0.0667. The zero-order valence-corrected chi connectivity index (χ0v) is 12.8. The van der Waals surface area contributed by atoms with Crippen LogP contribution in [-0.4, -0.2) is 5.91 Å². The van der Waals surface area contributed by atoms with Crippen molar-refractivity contribution in [3.63, 3.8) is 0 Å². The molecular formula is C16H16BrNO. The van der Waals surface area contributed by atoms with E-state index in [1.807, 2.05) is 50.2 Å². The third-order valence-corrected chi connectivity index (χ3v) is 3.72. The van der Waals surface area contributed by atoms with Crippen LogP contribution in [-0.2, 0) is 0 Å². The molecule has 0 saturated carbocycles. The minimum absolute atomic E-state index is 0.0667. The van der Waals surface area contributed by atoms with Gasteiger partial charge in [0.05, 0.1) is 0 Å². The molecule has 1 N–H and O–H groups in total. The van der Waals surface area contributed by atoms with E-state index in [1.165, 1.54) is 5.56 Å². The predicted molar refractivity (Wildman–Crippen MR) is 82.7 cm³/mol. The lowest BCUT2D eigenvalue weighted by atomic mass is 10.0. The van der Waals surface area contributed by atoms with Crippen LogP contribution in [0.25, 0.3) is 0 Å². The molecular weight excluding hydrogens is 302 g/mol. The largest absolute Gasteiger partial charge is 0.322 e. The maximum atomic E-state index is 12.3. The predicted octanol–water partition coefficient (Wildman–Crippen LogP) is 4.63. The van der Waals surface area contributed by atoms with Gasteiger partial charge in [-0.2, -0.15) is 0 Å². The topological polar surface area (TPSA) is 29.1 Å². The fraction of sp³-hybridized carbons (Fsp3) is 0.188. The Morgan fingerprint density at radius 3 is 2.16 bits per heavy atom. The summed E-state index contributed by atoms with van der Waals surface area (Å²) in [6.07, 6.45) is 0. The molecule has 0 fully saturated rings. The summed E-state index contributed by atoms with van der Waals surface area (Å²) in [5, 5.41) is 2.91. The third-order valence-electron chi connectivity index (χ3n) is 3.19. The van der Waals surface area contributed by atoms with Gasteiger partial charge in [0, 0.05) is 15.7 Å². The Labute approximate surface area is 122 Å². The van der Waals surface area contributed by atoms with Crippen LogP contribution >= 0.6 is 15.9 Å². The first kappa shape index (κ1) is 13.8. The number of benzene rings is 2. The summed E-state index contributed by atoms with van der Waals surface area (Å²) in [6.45, 7) is 6.03. The van der Waals surface area contributed by atoms with E-state index < -0.39 is 0 Å². The maximum Gasteiger partial charge on any atom is 0.255 e. The molecule has 0 saturated heterocycles. The zero-order chi connectivity index (χ0) is 14.0. The highest BCUT2D eigenvalue weighted by Gasteiger charge is 2.10. The van der Waals surface area contributed by atoms with Crippen LogP contribution in [0, 0.1) is 20.8 Å². The summed E-state index contributed by atoms with van der Waals surface area (Å²) in [4.78, 5) is 12.3. The molecule has 98 valence electrons. The Kier molecular flexibility index (Phi) is 4.05. The first-order chi connectivity index (χ1) is 8.97. The summed E-state index contributed by atoms with van der Waals surface area (Å²) >= 11 is 3.37. The van der Waals surface area contributed by atoms with Gasteiger partial charge in [0.2, 0.25) is 0 Å². The van der Waals surface area contributed by atoms with Gasteiger partial charge in [-0.1, -0.05) is 22.0 Å². The van der Waals surface area contributed by atoms with E-state index in [9.17, 15) is 4.79 Å². The highest BCUT2D eigenvalue weighted by Crippen LogP contribution is 2.18. The number of hydrogen-bond donors (Lipinski definition) is 1. The highest BCUT2D eigenvalue weighted by molar-refractivity contribution is 9.10. The summed E-state index contributed by atoms with van der Waals surface area (Å²) in [6, 6.07) is 11.5. The van der Waals surface area contributed by atoms with Crippen LogP contribution in [0.15, 0.2) is 40.9 Å². The van der Waals surface area contributed by atoms with Crippen molar-refractivity contribution in [3.8, 4) is 0 Å². The second-order valence-corrected chi connectivity index (χ2v) is 5.63. The molecule has 0 spiro atoms. The Morgan fingerprint density at radius 2 is 1.53 bits per heavy atom. The fourth-order valence-electron chi connectivity index (χ4n) is 1.94. The van der Waals surface area contributed by atoms with Crippen LogP contribution in [0.4, 0.5) is 5.69 Å². The number of aryl methyl sites for hydroxylation is 3. The Morgan fingerprint density at radius 1 is 0.947 bits per heavy atom. The molecule has 0 aliphatic rings. The van der Waals surface area contributed by atoms with Gasteiger partial charge < -0.3 is 5.32 Å². The number of rotatable bonds is 2. The van der Waals surface area contributed by atoms with Gasteiger partial charge in [-0.15, -0.1) is 0 Å². The minimum Gasteiger partial charge on any atom is -0.322 e. The number of carbonyl (C=O) groups excluding carboxylic acids is 1. The molecule has 3 heteroatoms. The fourth-order valence-corrected chi connectivity index (χ4v) is 2.20. The smallest absolute Gasteiger partial charge is 0.255 e. The number of carbonyl (C=O) groups is 1. The van der Waals surface area contributed by atoms with Gasteiger partial charge in [0.25, 0.3) is 5.91 Å². The SMILES string of the molecule is Cc1cc(C)c(C(=O)Nc2ccc(Br)cc2)cc1C. The molecule has 0 unspecified atom stereocenters. The number of nitrogens with one attached hydrogen (secondary N) is 1. The van der Waals surface area contributed by atoms with Gasteiger partial charge in [0.15, 0.2) is 0 Å². The van der Waals surface area contributed by atoms with E-state index >= 15 is 0 Å². The standard InChI is InChI=1S/C16H16BrNO/c1-10-8-12(3)15(9-11(10)2)16(19)18-14-6-4-13(17)5-7-14/h4-9H,1-3H3,(H,18,19). The van der Waals surface area contributed by atoms with Crippen molar-refractivity contribution in [2.75, 3.05) is 5.32 Å². The lowest BCUT2D eigenvalue weighted by molar-refractivity contribution is 0.102. The van der Waals surface area contributed by atoms with Crippen molar-refractivity contribution in [1.82, 2.24) is 0 Å². The normalized spacial score (nSPS) is 10.3. The second-order valence-electron chi connectivity index (χ2n) is 4.71. The van der Waals surface area contributed by atoms with E-state index in [1.54, 1.807) is 0 Å². The number of halogens is 1. The number of amides is 1. The second kappa shape index (κ2) is 5.57. The zero-order valence-electron chi connectivity index (χ0n) is 11.3. The summed E-state index contributed by atoms with van der Waals surface area (Å²) < 4.78 is 0.993. The lowest BCUT2D eigenvalue weighted by Crippen LogP contribution is -2.13. The third kappa shape index (κ3) is 3.24. The molecule has 0 aliphatic heterocycles. The van der Waals surface area contributed by atoms with Crippen molar-refractivity contribution >= 4 is 27.5 Å². The van der Waals surface area contributed by atoms with Crippen LogP contribution in [0.5, 0.6) is 0 Å². The molecule has 0 aliphatic carbocycles. The van der Waals surface area contributed by atoms with Crippen molar-refractivity contribution in [2.45, 2.75) is 20.8 Å². The van der Waals surface area contributed by atoms with Gasteiger partial charge in [-0.05, 0) is 67.8 Å². The van der Waals surface area contributed by atoms with Gasteiger partial charge in [-0.25, -0.2) is 0 Å². The highest BCUT2D eigenvalue weighted by atomic mass is 79.9. The Hall–Kier alpha value is -1.61. The Bertz CT molecular complexity index is 617. The van der Waals surface area contributed by atoms with E-state index in [0.717, 1.165) is 26.9 Å². The molecule has 0 heterocycles. The minimum atomic E-state index is -0.0667. The van der Waals surface area contributed by atoms with Gasteiger partial charge in [0.1, 0.15) is 0 Å². The molecule has 19 heavy (non-hydrogen) atoms. The van der Waals surface area contributed by atoms with Crippen LogP contribution in [0.2, 0.25) is 0 Å². The van der Waals surface area contributed by atoms with E-state index in [0.29, 0.717) is 0 Å². The van der Waals surface area contributed by atoms with E-state index in [4.69, 9.17) is 0 Å². The molecule has 0 radical (unpaired) electrons. The van der Waals surface area contributed by atoms with E-state index in [2.05, 4.69) is 28.2 Å². The molecule has 1 amide bonds. The molecule has 0 aromatic heterocycles. The van der Waals surface area contributed by atoms with Gasteiger partial charge >= 0.3 is 0 Å². The maximum absolute atomic E-state index is 12.3. The summed E-state index contributed by atoms with van der Waals surface area (Å²) in [7, 11) is 0. The van der Waals surface area contributed by atoms with Crippen molar-refractivity contribution in [3.05, 3.63) is 63.1 Å². The monoisotopic (exact) mass is 317 g/mol. The van der Waals surface area contributed by atoms with E-state index in [-0.39, 0.29) is 5.91 Å². The van der Waals surface area contributed by atoms with Crippen molar-refractivity contribution in [1.29, 1.82) is 0 Å². The lowest BCUT2D eigenvalue weighted by Gasteiger charge is -2.10. The number of anilines is 1. The first-order valence-electron chi connectivity index (χ1n) is 6.12. The average Bonchev–Trinajstić information content (AvgIpc) is 2.36. The van der Waals surface area contributed by atoms with Crippen molar-refractivity contribution in [2.24, 2.45) is 0 Å². The molecule has 0 atom stereocenters. The summed E-state index contributed by atoms with van der Waals surface area (Å²) in [5.41, 5.74) is 4.86. The van der Waals surface area contributed by atoms with Crippen molar-refractivity contribution < 1.29 is 4.79 Å². The molecule has 2 nitrogen and oxygen atoms in total. The van der Waals surface area contributed by atoms with Gasteiger partial charge in [-0.3, -0.25) is 4.79 Å². The number of hydrogen-bond acceptors (Lipinski definition) is 1. The molecule has 2 aromatic rings. The quantitative estimate of drug-likeness (QED) is 0.859. The van der Waals surface area contributed by atoms with Crippen LogP contribution in [0.1, 0.15) is 27.0 Å². The Balaban J connectivity index is 2.25. The average molecular weight is 318 g/mol.